The molecule has 2 heterocycles. The molecule has 0 spiro atoms. The van der Waals surface area contributed by atoms with Gasteiger partial charge in [0.1, 0.15) is 6.04 Å². The average Bonchev–Trinajstić information content (AvgIpc) is 3.05. The molecule has 0 aromatic carbocycles. The van der Waals surface area contributed by atoms with Gasteiger partial charge in [0.15, 0.2) is 5.82 Å². The third-order valence-corrected chi connectivity index (χ3v) is 7.71. The van der Waals surface area contributed by atoms with Gasteiger partial charge in [-0.1, -0.05) is 5.16 Å². The van der Waals surface area contributed by atoms with E-state index in [1.54, 1.807) is 11.8 Å². The number of rotatable bonds is 2. The molecule has 4 saturated carbocycles. The molecule has 0 radical (unpaired) electrons. The van der Waals surface area contributed by atoms with E-state index >= 15 is 0 Å². The number of piperidine rings is 1. The molecule has 28 heavy (non-hydrogen) atoms. The second kappa shape index (κ2) is 5.95. The summed E-state index contributed by atoms with van der Waals surface area (Å²) in [6.07, 6.45) is 0.715. The maximum Gasteiger partial charge on any atom is 0.394 e. The van der Waals surface area contributed by atoms with Crippen molar-refractivity contribution in [3.63, 3.8) is 0 Å². The molecule has 1 aromatic rings. The first-order valence-corrected chi connectivity index (χ1v) is 10.4. The molecular weight excluding hydrogens is 371 g/mol. The van der Waals surface area contributed by atoms with Crippen LogP contribution >= 0.6 is 0 Å². The number of alkyl halides is 3. The van der Waals surface area contributed by atoms with Crippen molar-refractivity contribution in [2.75, 3.05) is 6.54 Å². The van der Waals surface area contributed by atoms with E-state index in [0.29, 0.717) is 31.1 Å². The Balaban J connectivity index is 1.48. The Morgan fingerprint density at radius 3 is 2.50 bits per heavy atom. The topological polar surface area (TPSA) is 59.2 Å². The van der Waals surface area contributed by atoms with Crippen LogP contribution in [0.3, 0.4) is 0 Å². The van der Waals surface area contributed by atoms with Gasteiger partial charge < -0.3 is 9.42 Å². The Bertz CT molecular complexity index is 776. The summed E-state index contributed by atoms with van der Waals surface area (Å²) >= 11 is 0. The van der Waals surface area contributed by atoms with Gasteiger partial charge in [0, 0.05) is 6.54 Å². The van der Waals surface area contributed by atoms with Gasteiger partial charge in [-0.05, 0) is 76.5 Å². The summed E-state index contributed by atoms with van der Waals surface area (Å²) in [4.78, 5) is 19.9. The summed E-state index contributed by atoms with van der Waals surface area (Å²) < 4.78 is 47.5. The maximum atomic E-state index is 14.1. The summed E-state index contributed by atoms with van der Waals surface area (Å²) in [6.45, 7) is 2.29. The Hall–Kier alpha value is -1.60. The van der Waals surface area contributed by atoms with E-state index in [4.69, 9.17) is 4.52 Å². The lowest BCUT2D eigenvalue weighted by Crippen LogP contribution is -2.62. The zero-order valence-corrected chi connectivity index (χ0v) is 16.1. The van der Waals surface area contributed by atoms with Gasteiger partial charge in [0.2, 0.25) is 11.8 Å². The first-order valence-electron chi connectivity index (χ1n) is 10.4. The molecule has 4 aliphatic carbocycles. The van der Waals surface area contributed by atoms with Crippen LogP contribution in [0.2, 0.25) is 0 Å². The molecular formula is C20H26F3N3O2. The van der Waals surface area contributed by atoms with Crippen molar-refractivity contribution in [2.45, 2.75) is 76.9 Å². The molecule has 154 valence electrons. The minimum atomic E-state index is -4.23. The number of carbonyl (C=O) groups excluding carboxylic acids is 1. The lowest BCUT2D eigenvalue weighted by Gasteiger charge is -2.62. The molecule has 4 bridgehead atoms. The van der Waals surface area contributed by atoms with Crippen molar-refractivity contribution in [2.24, 2.45) is 22.7 Å². The van der Waals surface area contributed by atoms with Gasteiger partial charge in [0.05, 0.1) is 10.8 Å². The van der Waals surface area contributed by atoms with Gasteiger partial charge in [0.25, 0.3) is 0 Å². The lowest BCUT2D eigenvalue weighted by molar-refractivity contribution is -0.285. The minimum Gasteiger partial charge on any atom is -0.337 e. The highest BCUT2D eigenvalue weighted by Crippen LogP contribution is 2.70. The Labute approximate surface area is 162 Å². The molecule has 0 N–H and O–H groups in total. The average molecular weight is 397 g/mol. The third-order valence-electron chi connectivity index (χ3n) is 7.71. The second-order valence-electron chi connectivity index (χ2n) is 9.71. The van der Waals surface area contributed by atoms with Crippen molar-refractivity contribution < 1.29 is 22.5 Å². The zero-order valence-electron chi connectivity index (χ0n) is 16.1. The number of halogens is 3. The Kier molecular flexibility index (Phi) is 3.92. The predicted molar refractivity (Wildman–Crippen MR) is 92.9 cm³/mol. The van der Waals surface area contributed by atoms with Crippen LogP contribution in [0.5, 0.6) is 0 Å². The van der Waals surface area contributed by atoms with Crippen LogP contribution in [0.1, 0.15) is 75.5 Å². The smallest absolute Gasteiger partial charge is 0.337 e. The van der Waals surface area contributed by atoms with Crippen LogP contribution in [0.15, 0.2) is 4.52 Å². The number of likely N-dealkylation sites (tertiary alicyclic amines) is 1. The quantitative estimate of drug-likeness (QED) is 0.733. The molecule has 5 nitrogen and oxygen atoms in total. The zero-order chi connectivity index (χ0) is 19.7. The normalized spacial score (nSPS) is 40.1. The molecule has 5 aliphatic rings. The van der Waals surface area contributed by atoms with Gasteiger partial charge in [-0.2, -0.15) is 18.2 Å². The van der Waals surface area contributed by atoms with E-state index in [2.05, 4.69) is 10.1 Å². The number of amides is 1. The fourth-order valence-corrected chi connectivity index (χ4v) is 7.03. The second-order valence-corrected chi connectivity index (χ2v) is 9.71. The molecule has 8 heteroatoms. The molecule has 3 atom stereocenters. The molecule has 3 unspecified atom stereocenters. The fourth-order valence-electron chi connectivity index (χ4n) is 7.03. The number of aromatic nitrogens is 2. The highest BCUT2D eigenvalue weighted by Gasteiger charge is 2.69. The Morgan fingerprint density at radius 1 is 1.18 bits per heavy atom. The standard InChI is InChI=1S/C20H26F3N3O2/c1-12-24-16(28-25-12)15-4-2-3-5-26(15)17(27)18-7-13-6-14(8-18)10-19(9-13,11-18)20(21,22)23/h13-15H,2-11H2,1H3. The van der Waals surface area contributed by atoms with Crippen LogP contribution in [-0.2, 0) is 4.79 Å². The van der Waals surface area contributed by atoms with Gasteiger partial charge in [-0.3, -0.25) is 4.79 Å². The van der Waals surface area contributed by atoms with Crippen molar-refractivity contribution >= 4 is 5.91 Å². The molecule has 6 rings (SSSR count). The van der Waals surface area contributed by atoms with E-state index in [-0.39, 0.29) is 43.0 Å². The molecule has 5 fully saturated rings. The highest BCUT2D eigenvalue weighted by molar-refractivity contribution is 5.84. The first-order chi connectivity index (χ1) is 13.2. The largest absolute Gasteiger partial charge is 0.394 e. The first kappa shape index (κ1) is 18.4. The SMILES string of the molecule is Cc1noc(C2CCCCN2C(=O)C23CC4CC(C2)CC(C(F)(F)F)(C4)C3)n1. The molecule has 1 aromatic heterocycles. The van der Waals surface area contributed by atoms with Crippen LogP contribution in [-0.4, -0.2) is 33.7 Å². The van der Waals surface area contributed by atoms with Crippen molar-refractivity contribution in [1.29, 1.82) is 0 Å². The fraction of sp³-hybridized carbons (Fsp3) is 0.850. The van der Waals surface area contributed by atoms with Crippen LogP contribution in [0, 0.1) is 29.6 Å². The van der Waals surface area contributed by atoms with Crippen LogP contribution in [0.4, 0.5) is 13.2 Å². The summed E-state index contributed by atoms with van der Waals surface area (Å²) in [7, 11) is 0. The van der Waals surface area contributed by atoms with Crippen molar-refractivity contribution in [3.8, 4) is 0 Å². The molecule has 1 saturated heterocycles. The van der Waals surface area contributed by atoms with E-state index in [9.17, 15) is 18.0 Å². The van der Waals surface area contributed by atoms with Gasteiger partial charge >= 0.3 is 6.18 Å². The number of hydrogen-bond acceptors (Lipinski definition) is 4. The van der Waals surface area contributed by atoms with Crippen molar-refractivity contribution in [1.82, 2.24) is 15.0 Å². The van der Waals surface area contributed by atoms with Crippen LogP contribution in [0.25, 0.3) is 0 Å². The van der Waals surface area contributed by atoms with Gasteiger partial charge in [-0.15, -0.1) is 0 Å². The van der Waals surface area contributed by atoms with Gasteiger partial charge in [-0.25, -0.2) is 0 Å². The highest BCUT2D eigenvalue weighted by atomic mass is 19.4. The molecule has 1 amide bonds. The van der Waals surface area contributed by atoms with E-state index < -0.39 is 17.0 Å². The number of hydrogen-bond donors (Lipinski definition) is 0. The maximum absolute atomic E-state index is 14.1. The number of aryl methyl sites for hydroxylation is 1. The summed E-state index contributed by atoms with van der Waals surface area (Å²) in [5.41, 5.74) is -2.54. The van der Waals surface area contributed by atoms with Crippen LogP contribution < -0.4 is 0 Å². The van der Waals surface area contributed by atoms with E-state index in [1.165, 1.54) is 0 Å². The molecule has 1 aliphatic heterocycles. The third kappa shape index (κ3) is 2.62. The lowest BCUT2D eigenvalue weighted by atomic mass is 9.43. The van der Waals surface area contributed by atoms with E-state index in [0.717, 1.165) is 25.7 Å². The monoisotopic (exact) mass is 397 g/mol. The summed E-state index contributed by atoms with van der Waals surface area (Å²) in [5, 5.41) is 3.85. The number of nitrogens with zero attached hydrogens (tertiary/aromatic N) is 3. The number of carbonyl (C=O) groups is 1. The minimum absolute atomic E-state index is 0.0146. The summed E-state index contributed by atoms with van der Waals surface area (Å²) in [6, 6.07) is -0.308. The Morgan fingerprint density at radius 2 is 1.89 bits per heavy atom. The van der Waals surface area contributed by atoms with E-state index in [1.807, 2.05) is 0 Å². The van der Waals surface area contributed by atoms with Crippen molar-refractivity contribution in [3.05, 3.63) is 11.7 Å². The summed E-state index contributed by atoms with van der Waals surface area (Å²) in [5.74, 6) is 0.858. The predicted octanol–water partition coefficient (Wildman–Crippen LogP) is 4.58.